The summed E-state index contributed by atoms with van der Waals surface area (Å²) in [5, 5.41) is 12.0. The van der Waals surface area contributed by atoms with E-state index in [4.69, 9.17) is 9.47 Å². The third-order valence-corrected chi connectivity index (χ3v) is 5.39. The molecule has 0 radical (unpaired) electrons. The van der Waals surface area contributed by atoms with E-state index in [0.717, 1.165) is 19.3 Å². The van der Waals surface area contributed by atoms with E-state index in [2.05, 4.69) is 5.32 Å². The average Bonchev–Trinajstić information content (AvgIpc) is 3.28. The average molecular weight is 438 g/mol. The maximum Gasteiger partial charge on any atom is 0.352 e. The van der Waals surface area contributed by atoms with E-state index >= 15 is 0 Å². The molecule has 3 rings (SSSR count). The van der Waals surface area contributed by atoms with Crippen LogP contribution in [-0.4, -0.2) is 23.1 Å². The molecule has 0 bridgehead atoms. The number of benzene rings is 2. The standard InChI is InChI=1S/C26H31NO5/c1-18(2)31-23-9-5-6-10-24(23)32-21-14-11-20(12-15-21)17-22(26(29)30)27-25(28)16-13-19-7-3-4-8-19/h5-6,9-12,14-15,17-19H,3-4,7-8,13,16H2,1-2H3,(H,27,28)(H,29,30)/b22-17-. The van der Waals surface area contributed by atoms with E-state index in [9.17, 15) is 14.7 Å². The monoisotopic (exact) mass is 437 g/mol. The summed E-state index contributed by atoms with van der Waals surface area (Å²) in [4.78, 5) is 23.8. The van der Waals surface area contributed by atoms with Gasteiger partial charge in [-0.15, -0.1) is 0 Å². The van der Waals surface area contributed by atoms with Gasteiger partial charge in [-0.2, -0.15) is 0 Å². The number of aliphatic carboxylic acids is 1. The fraction of sp³-hybridized carbons (Fsp3) is 0.385. The van der Waals surface area contributed by atoms with Gasteiger partial charge in [-0.1, -0.05) is 49.9 Å². The predicted molar refractivity (Wildman–Crippen MR) is 124 cm³/mol. The minimum atomic E-state index is -1.17. The van der Waals surface area contributed by atoms with Crippen LogP contribution in [0, 0.1) is 5.92 Å². The minimum Gasteiger partial charge on any atom is -0.487 e. The fourth-order valence-electron chi connectivity index (χ4n) is 3.81. The summed E-state index contributed by atoms with van der Waals surface area (Å²) < 4.78 is 11.7. The van der Waals surface area contributed by atoms with Gasteiger partial charge in [0, 0.05) is 6.42 Å². The van der Waals surface area contributed by atoms with E-state index in [1.54, 1.807) is 24.3 Å². The molecule has 0 aromatic heterocycles. The maximum absolute atomic E-state index is 12.2. The second kappa shape index (κ2) is 11.4. The summed E-state index contributed by atoms with van der Waals surface area (Å²) in [5.41, 5.74) is 0.517. The molecule has 1 fully saturated rings. The predicted octanol–water partition coefficient (Wildman–Crippen LogP) is 5.78. The Hall–Kier alpha value is -3.28. The maximum atomic E-state index is 12.2. The molecule has 170 valence electrons. The molecule has 2 aromatic rings. The largest absolute Gasteiger partial charge is 0.487 e. The molecule has 1 aliphatic carbocycles. The van der Waals surface area contributed by atoms with Gasteiger partial charge in [-0.3, -0.25) is 4.79 Å². The highest BCUT2D eigenvalue weighted by Crippen LogP contribution is 2.32. The molecule has 0 heterocycles. The normalized spacial score (nSPS) is 14.4. The summed E-state index contributed by atoms with van der Waals surface area (Å²) in [5.74, 6) is 1.01. The Morgan fingerprint density at radius 1 is 1.06 bits per heavy atom. The lowest BCUT2D eigenvalue weighted by Gasteiger charge is -2.14. The van der Waals surface area contributed by atoms with Crippen LogP contribution in [0.25, 0.3) is 6.08 Å². The van der Waals surface area contributed by atoms with Crippen molar-refractivity contribution in [1.29, 1.82) is 0 Å². The van der Waals surface area contributed by atoms with Crippen LogP contribution in [0.1, 0.15) is 57.9 Å². The van der Waals surface area contributed by atoms with Crippen molar-refractivity contribution in [3.8, 4) is 17.2 Å². The summed E-state index contributed by atoms with van der Waals surface area (Å²) in [7, 11) is 0. The molecule has 0 spiro atoms. The minimum absolute atomic E-state index is 0.0232. The number of para-hydroxylation sites is 2. The van der Waals surface area contributed by atoms with Gasteiger partial charge in [-0.05, 0) is 62.1 Å². The fourth-order valence-corrected chi connectivity index (χ4v) is 3.81. The number of ether oxygens (including phenoxy) is 2. The van der Waals surface area contributed by atoms with E-state index in [1.807, 2.05) is 38.1 Å². The molecular formula is C26H31NO5. The summed E-state index contributed by atoms with van der Waals surface area (Å²) in [6, 6.07) is 14.4. The molecule has 1 aliphatic rings. The van der Waals surface area contributed by atoms with Crippen LogP contribution < -0.4 is 14.8 Å². The Morgan fingerprint density at radius 2 is 1.72 bits per heavy atom. The molecule has 32 heavy (non-hydrogen) atoms. The second-order valence-electron chi connectivity index (χ2n) is 8.38. The highest BCUT2D eigenvalue weighted by atomic mass is 16.5. The highest BCUT2D eigenvalue weighted by Gasteiger charge is 2.18. The van der Waals surface area contributed by atoms with Crippen molar-refractivity contribution < 1.29 is 24.2 Å². The zero-order valence-corrected chi connectivity index (χ0v) is 18.7. The van der Waals surface area contributed by atoms with Crippen LogP contribution in [0.4, 0.5) is 0 Å². The second-order valence-corrected chi connectivity index (χ2v) is 8.38. The number of hydrogen-bond donors (Lipinski definition) is 2. The van der Waals surface area contributed by atoms with Crippen LogP contribution in [-0.2, 0) is 9.59 Å². The van der Waals surface area contributed by atoms with Crippen molar-refractivity contribution in [2.45, 2.75) is 58.5 Å². The quantitative estimate of drug-likeness (QED) is 0.460. The van der Waals surface area contributed by atoms with Crippen LogP contribution in [0.3, 0.4) is 0 Å². The molecule has 2 aromatic carbocycles. The SMILES string of the molecule is CC(C)Oc1ccccc1Oc1ccc(/C=C(\NC(=O)CCC2CCCC2)C(=O)O)cc1. The molecule has 6 nitrogen and oxygen atoms in total. The lowest BCUT2D eigenvalue weighted by atomic mass is 10.0. The number of nitrogens with one attached hydrogen (secondary N) is 1. The first-order valence-corrected chi connectivity index (χ1v) is 11.2. The molecule has 1 saturated carbocycles. The number of amides is 1. The summed E-state index contributed by atoms with van der Waals surface area (Å²) >= 11 is 0. The zero-order valence-electron chi connectivity index (χ0n) is 18.7. The first-order valence-electron chi connectivity index (χ1n) is 11.2. The smallest absolute Gasteiger partial charge is 0.352 e. The lowest BCUT2D eigenvalue weighted by molar-refractivity contribution is -0.134. The van der Waals surface area contributed by atoms with Gasteiger partial charge < -0.3 is 19.9 Å². The molecule has 0 atom stereocenters. The highest BCUT2D eigenvalue weighted by molar-refractivity contribution is 5.96. The lowest BCUT2D eigenvalue weighted by Crippen LogP contribution is -2.27. The van der Waals surface area contributed by atoms with Gasteiger partial charge >= 0.3 is 5.97 Å². The molecule has 0 aliphatic heterocycles. The van der Waals surface area contributed by atoms with Gasteiger partial charge in [0.25, 0.3) is 0 Å². The van der Waals surface area contributed by atoms with Gasteiger partial charge in [0.1, 0.15) is 11.4 Å². The molecular weight excluding hydrogens is 406 g/mol. The van der Waals surface area contributed by atoms with Crippen LogP contribution in [0.2, 0.25) is 0 Å². The van der Waals surface area contributed by atoms with Gasteiger partial charge in [0.2, 0.25) is 5.91 Å². The number of hydrogen-bond acceptors (Lipinski definition) is 4. The topological polar surface area (TPSA) is 84.9 Å². The molecule has 1 amide bonds. The number of carbonyl (C=O) groups is 2. The molecule has 0 saturated heterocycles. The van der Waals surface area contributed by atoms with Gasteiger partial charge in [0.15, 0.2) is 11.5 Å². The third-order valence-electron chi connectivity index (χ3n) is 5.39. The summed E-state index contributed by atoms with van der Waals surface area (Å²) in [6.07, 6.45) is 7.41. The van der Waals surface area contributed by atoms with E-state index in [0.29, 0.717) is 35.2 Å². The molecule has 0 unspecified atom stereocenters. The van der Waals surface area contributed by atoms with E-state index in [-0.39, 0.29) is 17.7 Å². The van der Waals surface area contributed by atoms with Crippen LogP contribution in [0.15, 0.2) is 54.2 Å². The van der Waals surface area contributed by atoms with Crippen LogP contribution >= 0.6 is 0 Å². The first-order chi connectivity index (χ1) is 15.4. The Balaban J connectivity index is 1.63. The Morgan fingerprint density at radius 3 is 2.34 bits per heavy atom. The Bertz CT molecular complexity index is 943. The number of carboxylic acid groups (broad SMARTS) is 1. The van der Waals surface area contributed by atoms with E-state index in [1.165, 1.54) is 18.9 Å². The van der Waals surface area contributed by atoms with Crippen molar-refractivity contribution in [2.75, 3.05) is 0 Å². The Kier molecular flexibility index (Phi) is 8.31. The van der Waals surface area contributed by atoms with Crippen molar-refractivity contribution >= 4 is 18.0 Å². The van der Waals surface area contributed by atoms with E-state index < -0.39 is 5.97 Å². The number of rotatable bonds is 10. The third kappa shape index (κ3) is 7.15. The van der Waals surface area contributed by atoms with Crippen molar-refractivity contribution in [2.24, 2.45) is 5.92 Å². The Labute approximate surface area is 189 Å². The summed E-state index contributed by atoms with van der Waals surface area (Å²) in [6.45, 7) is 3.90. The van der Waals surface area contributed by atoms with Crippen molar-refractivity contribution in [3.05, 3.63) is 59.8 Å². The molecule has 2 N–H and O–H groups in total. The molecule has 6 heteroatoms. The first kappa shape index (κ1) is 23.4. The van der Waals surface area contributed by atoms with Crippen LogP contribution in [0.5, 0.6) is 17.2 Å². The zero-order chi connectivity index (χ0) is 22.9. The van der Waals surface area contributed by atoms with Crippen molar-refractivity contribution in [3.63, 3.8) is 0 Å². The van der Waals surface area contributed by atoms with Gasteiger partial charge in [0.05, 0.1) is 6.10 Å². The number of carboxylic acids is 1. The number of carbonyl (C=O) groups excluding carboxylic acids is 1. The van der Waals surface area contributed by atoms with Crippen molar-refractivity contribution in [1.82, 2.24) is 5.32 Å². The van der Waals surface area contributed by atoms with Gasteiger partial charge in [-0.25, -0.2) is 4.79 Å².